The molecule has 3 N–H and O–H groups in total. The second-order valence-corrected chi connectivity index (χ2v) is 7.98. The molecule has 0 atom stereocenters. The van der Waals surface area contributed by atoms with Crippen LogP contribution in [0.4, 0.5) is 9.52 Å². The number of anilines is 1. The number of aromatic nitrogens is 4. The molecule has 0 aliphatic heterocycles. The molecule has 0 saturated heterocycles. The first kappa shape index (κ1) is 18.4. The van der Waals surface area contributed by atoms with Gasteiger partial charge in [-0.25, -0.2) is 14.1 Å². The van der Waals surface area contributed by atoms with Crippen molar-refractivity contribution < 1.29 is 9.18 Å². The minimum atomic E-state index is -0.337. The highest BCUT2D eigenvalue weighted by Gasteiger charge is 2.15. The topological polar surface area (TPSA) is 98.7 Å². The normalized spacial score (nSPS) is 11.1. The van der Waals surface area contributed by atoms with E-state index in [9.17, 15) is 9.18 Å². The SMILES string of the molecule is Cc1ccc(-c2nnc(SCC(=O)Nc3nc4ccc(F)cc4s3)n2N)cc1. The maximum absolute atomic E-state index is 13.3. The average molecular weight is 414 g/mol. The van der Waals surface area contributed by atoms with E-state index in [1.165, 1.54) is 39.9 Å². The summed E-state index contributed by atoms with van der Waals surface area (Å²) in [6, 6.07) is 12.1. The summed E-state index contributed by atoms with van der Waals surface area (Å²) in [7, 11) is 0. The highest BCUT2D eigenvalue weighted by Crippen LogP contribution is 2.27. The Kier molecular flexibility index (Phi) is 4.97. The van der Waals surface area contributed by atoms with Gasteiger partial charge in [-0.15, -0.1) is 10.2 Å². The fraction of sp³-hybridized carbons (Fsp3) is 0.111. The van der Waals surface area contributed by atoms with Crippen LogP contribution >= 0.6 is 23.1 Å². The number of aryl methyl sites for hydroxylation is 1. The molecule has 4 rings (SSSR count). The fourth-order valence-corrected chi connectivity index (χ4v) is 4.08. The molecule has 7 nitrogen and oxygen atoms in total. The van der Waals surface area contributed by atoms with Gasteiger partial charge in [0.05, 0.1) is 16.0 Å². The van der Waals surface area contributed by atoms with Crippen LogP contribution in [0.5, 0.6) is 0 Å². The van der Waals surface area contributed by atoms with Crippen LogP contribution in [-0.4, -0.2) is 31.5 Å². The van der Waals surface area contributed by atoms with Gasteiger partial charge in [0.25, 0.3) is 0 Å². The predicted molar refractivity (Wildman–Crippen MR) is 109 cm³/mol. The Morgan fingerprint density at radius 2 is 2.04 bits per heavy atom. The number of rotatable bonds is 5. The molecular formula is C18H15FN6OS2. The molecule has 28 heavy (non-hydrogen) atoms. The summed E-state index contributed by atoms with van der Waals surface area (Å²) in [5, 5.41) is 11.7. The lowest BCUT2D eigenvalue weighted by atomic mass is 10.1. The number of benzene rings is 2. The number of hydrogen-bond acceptors (Lipinski definition) is 7. The molecule has 0 fully saturated rings. The predicted octanol–water partition coefficient (Wildman–Crippen LogP) is 3.45. The van der Waals surface area contributed by atoms with E-state index < -0.39 is 0 Å². The van der Waals surface area contributed by atoms with Crippen molar-refractivity contribution in [1.82, 2.24) is 19.9 Å². The summed E-state index contributed by atoms with van der Waals surface area (Å²) in [5.74, 6) is 6.09. The van der Waals surface area contributed by atoms with Crippen molar-refractivity contribution >= 4 is 44.4 Å². The summed E-state index contributed by atoms with van der Waals surface area (Å²) < 4.78 is 15.3. The van der Waals surface area contributed by atoms with E-state index in [2.05, 4.69) is 20.5 Å². The van der Waals surface area contributed by atoms with Crippen LogP contribution in [0.2, 0.25) is 0 Å². The number of thioether (sulfide) groups is 1. The number of carbonyl (C=O) groups excluding carboxylic acids is 1. The lowest BCUT2D eigenvalue weighted by molar-refractivity contribution is -0.113. The summed E-state index contributed by atoms with van der Waals surface area (Å²) in [6.07, 6.45) is 0. The molecule has 0 aliphatic rings. The highest BCUT2D eigenvalue weighted by molar-refractivity contribution is 7.99. The molecule has 2 aromatic heterocycles. The molecule has 0 bridgehead atoms. The van der Waals surface area contributed by atoms with Gasteiger partial charge in [-0.1, -0.05) is 52.9 Å². The first-order chi connectivity index (χ1) is 13.5. The van der Waals surface area contributed by atoms with E-state index in [1.807, 2.05) is 31.2 Å². The molecule has 0 radical (unpaired) electrons. The van der Waals surface area contributed by atoms with Gasteiger partial charge in [0.2, 0.25) is 11.1 Å². The largest absolute Gasteiger partial charge is 0.335 e. The van der Waals surface area contributed by atoms with Crippen molar-refractivity contribution in [3.63, 3.8) is 0 Å². The second kappa shape index (κ2) is 7.56. The number of nitrogens with one attached hydrogen (secondary N) is 1. The van der Waals surface area contributed by atoms with Crippen LogP contribution in [0, 0.1) is 12.7 Å². The number of halogens is 1. The van der Waals surface area contributed by atoms with Crippen molar-refractivity contribution in [2.45, 2.75) is 12.1 Å². The Labute approximate surface area is 167 Å². The Bertz CT molecular complexity index is 1150. The number of nitrogens with two attached hydrogens (primary N) is 1. The Morgan fingerprint density at radius 1 is 1.25 bits per heavy atom. The standard InChI is InChI=1S/C18H15FN6OS2/c1-10-2-4-11(5-3-10)16-23-24-18(25(16)20)27-9-15(26)22-17-21-13-7-6-12(19)8-14(13)28-17/h2-8H,9,20H2,1H3,(H,21,22,26). The zero-order valence-electron chi connectivity index (χ0n) is 14.7. The van der Waals surface area contributed by atoms with Gasteiger partial charge in [0.15, 0.2) is 11.0 Å². The molecule has 0 spiro atoms. The van der Waals surface area contributed by atoms with Gasteiger partial charge in [-0.3, -0.25) is 4.79 Å². The van der Waals surface area contributed by atoms with Crippen LogP contribution in [0.1, 0.15) is 5.56 Å². The molecular weight excluding hydrogens is 399 g/mol. The Morgan fingerprint density at radius 3 is 2.82 bits per heavy atom. The lowest BCUT2D eigenvalue weighted by Gasteiger charge is -2.04. The molecule has 1 amide bonds. The third kappa shape index (κ3) is 3.82. The number of nitrogens with zero attached hydrogens (tertiary/aromatic N) is 4. The second-order valence-electron chi connectivity index (χ2n) is 6.01. The molecule has 0 aliphatic carbocycles. The number of fused-ring (bicyclic) bond motifs is 1. The molecule has 4 aromatic rings. The molecule has 2 heterocycles. The van der Waals surface area contributed by atoms with Gasteiger partial charge >= 0.3 is 0 Å². The number of amides is 1. The Balaban J connectivity index is 1.41. The molecule has 0 saturated carbocycles. The minimum absolute atomic E-state index is 0.0908. The summed E-state index contributed by atoms with van der Waals surface area (Å²) >= 11 is 2.39. The van der Waals surface area contributed by atoms with Crippen LogP contribution < -0.4 is 11.2 Å². The molecule has 0 unspecified atom stereocenters. The Hall–Kier alpha value is -2.98. The maximum Gasteiger partial charge on any atom is 0.236 e. The first-order valence-corrected chi connectivity index (χ1v) is 10.1. The third-order valence-corrected chi connectivity index (χ3v) is 5.78. The summed E-state index contributed by atoms with van der Waals surface area (Å²) in [4.78, 5) is 16.5. The van der Waals surface area contributed by atoms with Crippen molar-refractivity contribution in [2.24, 2.45) is 0 Å². The van der Waals surface area contributed by atoms with Crippen LogP contribution in [0.25, 0.3) is 21.6 Å². The van der Waals surface area contributed by atoms with E-state index >= 15 is 0 Å². The van der Waals surface area contributed by atoms with Crippen LogP contribution in [-0.2, 0) is 4.79 Å². The summed E-state index contributed by atoms with van der Waals surface area (Å²) in [6.45, 7) is 2.00. The van der Waals surface area contributed by atoms with Crippen molar-refractivity contribution in [2.75, 3.05) is 16.9 Å². The van der Waals surface area contributed by atoms with Crippen molar-refractivity contribution in [3.8, 4) is 11.4 Å². The van der Waals surface area contributed by atoms with E-state index in [1.54, 1.807) is 6.07 Å². The monoisotopic (exact) mass is 414 g/mol. The van der Waals surface area contributed by atoms with Crippen molar-refractivity contribution in [1.29, 1.82) is 0 Å². The number of nitrogen functional groups attached to an aromatic ring is 1. The molecule has 2 aromatic carbocycles. The zero-order chi connectivity index (χ0) is 19.7. The third-order valence-electron chi connectivity index (χ3n) is 3.90. The lowest BCUT2D eigenvalue weighted by Crippen LogP contribution is -2.16. The molecule has 10 heteroatoms. The smallest absolute Gasteiger partial charge is 0.236 e. The van der Waals surface area contributed by atoms with Crippen LogP contribution in [0.15, 0.2) is 47.6 Å². The number of carbonyl (C=O) groups is 1. The first-order valence-electron chi connectivity index (χ1n) is 8.26. The van der Waals surface area contributed by atoms with E-state index in [0.29, 0.717) is 26.3 Å². The number of hydrogen-bond donors (Lipinski definition) is 2. The summed E-state index contributed by atoms with van der Waals surface area (Å²) in [5.41, 5.74) is 2.62. The number of thiazole rings is 1. The van der Waals surface area contributed by atoms with Gasteiger partial charge in [0.1, 0.15) is 5.82 Å². The van der Waals surface area contributed by atoms with Gasteiger partial charge in [0, 0.05) is 5.56 Å². The fourth-order valence-electron chi connectivity index (χ4n) is 2.51. The maximum atomic E-state index is 13.3. The average Bonchev–Trinajstić information content (AvgIpc) is 3.23. The van der Waals surface area contributed by atoms with Crippen LogP contribution in [0.3, 0.4) is 0 Å². The van der Waals surface area contributed by atoms with E-state index in [4.69, 9.17) is 5.84 Å². The quantitative estimate of drug-likeness (QED) is 0.383. The van der Waals surface area contributed by atoms with E-state index in [0.717, 1.165) is 11.1 Å². The molecule has 142 valence electrons. The minimum Gasteiger partial charge on any atom is -0.335 e. The highest BCUT2D eigenvalue weighted by atomic mass is 32.2. The van der Waals surface area contributed by atoms with Crippen molar-refractivity contribution in [3.05, 3.63) is 53.8 Å². The zero-order valence-corrected chi connectivity index (χ0v) is 16.4. The van der Waals surface area contributed by atoms with Gasteiger partial charge in [-0.2, -0.15) is 0 Å². The van der Waals surface area contributed by atoms with E-state index in [-0.39, 0.29) is 17.5 Å². The van der Waals surface area contributed by atoms with Gasteiger partial charge in [-0.05, 0) is 25.1 Å². The van der Waals surface area contributed by atoms with Gasteiger partial charge < -0.3 is 11.2 Å².